The Labute approximate surface area is 124 Å². The molecule has 1 atom stereocenters. The molecule has 0 aliphatic rings. The second kappa shape index (κ2) is 6.31. The van der Waals surface area contributed by atoms with E-state index in [1.165, 1.54) is 4.31 Å². The maximum absolute atomic E-state index is 12.4. The Morgan fingerprint density at radius 2 is 2.05 bits per heavy atom. The first-order chi connectivity index (χ1) is 9.90. The van der Waals surface area contributed by atoms with E-state index in [2.05, 4.69) is 20.6 Å². The number of benzene rings is 1. The van der Waals surface area contributed by atoms with E-state index in [0.717, 1.165) is 11.1 Å². The Kier molecular flexibility index (Phi) is 4.69. The first kappa shape index (κ1) is 15.6. The maximum Gasteiger partial charge on any atom is 0.218 e. The second-order valence-corrected chi connectivity index (χ2v) is 7.21. The molecular formula is C13H19N5O2S. The molecule has 2 aromatic rings. The number of nitrogens with zero attached hydrogens (tertiary/aromatic N) is 4. The summed E-state index contributed by atoms with van der Waals surface area (Å²) in [5, 5.41) is 13.6. The monoisotopic (exact) mass is 309 g/mol. The summed E-state index contributed by atoms with van der Waals surface area (Å²) in [5.74, 6) is 0.378. The molecule has 0 fully saturated rings. The largest absolute Gasteiger partial charge is 0.218 e. The minimum Gasteiger partial charge on any atom is -0.212 e. The van der Waals surface area contributed by atoms with Crippen molar-refractivity contribution < 1.29 is 8.42 Å². The minimum atomic E-state index is -3.37. The van der Waals surface area contributed by atoms with E-state index in [0.29, 0.717) is 12.4 Å². The molecule has 0 bridgehead atoms. The molecule has 0 radical (unpaired) electrons. The smallest absolute Gasteiger partial charge is 0.212 e. The normalized spacial score (nSPS) is 13.5. The molecule has 2 rings (SSSR count). The van der Waals surface area contributed by atoms with Crippen LogP contribution in [0.25, 0.3) is 0 Å². The zero-order valence-electron chi connectivity index (χ0n) is 12.3. The summed E-state index contributed by atoms with van der Waals surface area (Å²) in [6, 6.07) is 7.49. The van der Waals surface area contributed by atoms with Crippen molar-refractivity contribution in [2.75, 3.05) is 13.6 Å². The number of tetrazole rings is 1. The topological polar surface area (TPSA) is 91.8 Å². The second-order valence-electron chi connectivity index (χ2n) is 5.13. The van der Waals surface area contributed by atoms with Crippen LogP contribution in [0.15, 0.2) is 24.3 Å². The fourth-order valence-electron chi connectivity index (χ4n) is 2.04. The van der Waals surface area contributed by atoms with Gasteiger partial charge in [-0.1, -0.05) is 36.4 Å². The van der Waals surface area contributed by atoms with Crippen molar-refractivity contribution in [3.05, 3.63) is 41.2 Å². The predicted octanol–water partition coefficient (Wildman–Crippen LogP) is 1.07. The quantitative estimate of drug-likeness (QED) is 0.862. The van der Waals surface area contributed by atoms with Crippen molar-refractivity contribution in [1.29, 1.82) is 0 Å². The lowest BCUT2D eigenvalue weighted by Crippen LogP contribution is -2.32. The Morgan fingerprint density at radius 3 is 2.67 bits per heavy atom. The van der Waals surface area contributed by atoms with E-state index in [-0.39, 0.29) is 11.7 Å². The molecule has 1 heterocycles. The van der Waals surface area contributed by atoms with Crippen molar-refractivity contribution in [2.24, 2.45) is 0 Å². The van der Waals surface area contributed by atoms with Crippen LogP contribution in [0.2, 0.25) is 0 Å². The lowest BCUT2D eigenvalue weighted by atomic mass is 10.1. The molecule has 1 aromatic heterocycles. The highest BCUT2D eigenvalue weighted by Gasteiger charge is 2.23. The van der Waals surface area contributed by atoms with Crippen LogP contribution in [0.5, 0.6) is 0 Å². The molecule has 0 spiro atoms. The Hall–Kier alpha value is -1.80. The summed E-state index contributed by atoms with van der Waals surface area (Å²) in [7, 11) is -1.80. The van der Waals surface area contributed by atoms with Gasteiger partial charge in [-0.3, -0.25) is 0 Å². The summed E-state index contributed by atoms with van der Waals surface area (Å²) in [4.78, 5) is 0. The van der Waals surface area contributed by atoms with Gasteiger partial charge < -0.3 is 0 Å². The molecule has 0 aliphatic heterocycles. The lowest BCUT2D eigenvalue weighted by Gasteiger charge is -2.20. The molecule has 7 nitrogen and oxygen atoms in total. The number of aromatic nitrogens is 4. The third-order valence-electron chi connectivity index (χ3n) is 3.41. The van der Waals surface area contributed by atoms with Crippen LogP contribution in [-0.4, -0.2) is 46.9 Å². The highest BCUT2D eigenvalue weighted by Crippen LogP contribution is 2.17. The molecule has 0 saturated heterocycles. The fourth-order valence-corrected chi connectivity index (χ4v) is 3.43. The third-order valence-corrected chi connectivity index (χ3v) is 5.18. The van der Waals surface area contributed by atoms with Crippen LogP contribution >= 0.6 is 0 Å². The molecular weight excluding hydrogens is 290 g/mol. The van der Waals surface area contributed by atoms with Gasteiger partial charge in [-0.2, -0.15) is 5.21 Å². The average Bonchev–Trinajstić information content (AvgIpc) is 2.95. The zero-order chi connectivity index (χ0) is 15.5. The van der Waals surface area contributed by atoms with Gasteiger partial charge in [0.05, 0.1) is 5.75 Å². The highest BCUT2D eigenvalue weighted by molar-refractivity contribution is 7.88. The lowest BCUT2D eigenvalue weighted by molar-refractivity contribution is 0.439. The van der Waals surface area contributed by atoms with Crippen molar-refractivity contribution >= 4 is 10.0 Å². The minimum absolute atomic E-state index is 0.00482. The Bertz CT molecular complexity index is 684. The van der Waals surface area contributed by atoms with Gasteiger partial charge in [-0.15, -0.1) is 10.2 Å². The number of sulfonamides is 1. The van der Waals surface area contributed by atoms with Crippen LogP contribution in [-0.2, 0) is 15.8 Å². The molecule has 0 saturated carbocycles. The summed E-state index contributed by atoms with van der Waals surface area (Å²) >= 11 is 0. The molecule has 8 heteroatoms. The van der Waals surface area contributed by atoms with E-state index < -0.39 is 10.0 Å². The third kappa shape index (κ3) is 3.85. The Morgan fingerprint density at radius 1 is 1.33 bits per heavy atom. The first-order valence-corrected chi connectivity index (χ1v) is 8.23. The van der Waals surface area contributed by atoms with Gasteiger partial charge in [0, 0.05) is 19.5 Å². The van der Waals surface area contributed by atoms with Crippen molar-refractivity contribution in [3.8, 4) is 0 Å². The fraction of sp³-hybridized carbons (Fsp3) is 0.462. The van der Waals surface area contributed by atoms with Gasteiger partial charge in [0.1, 0.15) is 0 Å². The average molecular weight is 309 g/mol. The number of aromatic amines is 1. The molecule has 1 N–H and O–H groups in total. The molecule has 21 heavy (non-hydrogen) atoms. The van der Waals surface area contributed by atoms with Crippen molar-refractivity contribution in [1.82, 2.24) is 24.9 Å². The van der Waals surface area contributed by atoms with Gasteiger partial charge in [-0.25, -0.2) is 12.7 Å². The molecule has 1 aromatic carbocycles. The van der Waals surface area contributed by atoms with Gasteiger partial charge >= 0.3 is 0 Å². The summed E-state index contributed by atoms with van der Waals surface area (Å²) < 4.78 is 26.2. The number of nitrogens with one attached hydrogen (secondary N) is 1. The highest BCUT2D eigenvalue weighted by atomic mass is 32.2. The summed E-state index contributed by atoms with van der Waals surface area (Å²) in [6.45, 7) is 4.09. The van der Waals surface area contributed by atoms with E-state index >= 15 is 0 Å². The van der Waals surface area contributed by atoms with E-state index in [4.69, 9.17) is 0 Å². The van der Waals surface area contributed by atoms with Gasteiger partial charge in [-0.05, 0) is 18.1 Å². The maximum atomic E-state index is 12.4. The van der Waals surface area contributed by atoms with E-state index in [1.807, 2.05) is 38.1 Å². The number of H-pyrrole nitrogens is 1. The SMILES string of the molecule is Cc1ccccc1CS(=O)(=O)N(C)C[C@@H](C)c1nn[nH]n1. The molecule has 0 aliphatic carbocycles. The van der Waals surface area contributed by atoms with Gasteiger partial charge in [0.25, 0.3) is 0 Å². The van der Waals surface area contributed by atoms with Crippen LogP contribution in [0.1, 0.15) is 29.8 Å². The molecule has 114 valence electrons. The number of hydrogen-bond acceptors (Lipinski definition) is 5. The van der Waals surface area contributed by atoms with Gasteiger partial charge in [0.15, 0.2) is 5.82 Å². The Balaban J connectivity index is 2.07. The number of hydrogen-bond donors (Lipinski definition) is 1. The summed E-state index contributed by atoms with van der Waals surface area (Å²) in [6.07, 6.45) is 0. The predicted molar refractivity (Wildman–Crippen MR) is 79.0 cm³/mol. The van der Waals surface area contributed by atoms with Crippen LogP contribution < -0.4 is 0 Å². The van der Waals surface area contributed by atoms with Crippen LogP contribution in [0.3, 0.4) is 0 Å². The van der Waals surface area contributed by atoms with E-state index in [9.17, 15) is 8.42 Å². The summed E-state index contributed by atoms with van der Waals surface area (Å²) in [5.41, 5.74) is 1.79. The number of likely N-dealkylation sites (N-methyl/N-ethyl adjacent to an activating group) is 1. The van der Waals surface area contributed by atoms with Crippen LogP contribution in [0, 0.1) is 6.92 Å². The first-order valence-electron chi connectivity index (χ1n) is 6.62. The number of aryl methyl sites for hydroxylation is 1. The standard InChI is InChI=1S/C13H19N5O2S/c1-10-6-4-5-7-12(10)9-21(19,20)18(3)8-11(2)13-14-16-17-15-13/h4-7,11H,8-9H2,1-3H3,(H,14,15,16,17)/t11-/m1/s1. The van der Waals surface area contributed by atoms with Crippen molar-refractivity contribution in [3.63, 3.8) is 0 Å². The molecule has 0 unspecified atom stereocenters. The van der Waals surface area contributed by atoms with Crippen molar-refractivity contribution in [2.45, 2.75) is 25.5 Å². The number of rotatable bonds is 6. The van der Waals surface area contributed by atoms with Gasteiger partial charge in [0.2, 0.25) is 10.0 Å². The molecule has 0 amide bonds. The zero-order valence-corrected chi connectivity index (χ0v) is 13.1. The van der Waals surface area contributed by atoms with E-state index in [1.54, 1.807) is 7.05 Å². The van der Waals surface area contributed by atoms with Crippen LogP contribution in [0.4, 0.5) is 0 Å².